The molecule has 1 fully saturated rings. The highest BCUT2D eigenvalue weighted by atomic mass is 35.5. The van der Waals surface area contributed by atoms with Crippen molar-refractivity contribution in [2.45, 2.75) is 0 Å². The summed E-state index contributed by atoms with van der Waals surface area (Å²) in [6.45, 7) is 3.60. The summed E-state index contributed by atoms with van der Waals surface area (Å²) in [4.78, 5) is 23.9. The van der Waals surface area contributed by atoms with Gasteiger partial charge >= 0.3 is 5.63 Å². The number of anilines is 1. The van der Waals surface area contributed by atoms with Crippen LogP contribution in [0.2, 0.25) is 5.02 Å². The van der Waals surface area contributed by atoms with Gasteiger partial charge in [-0.1, -0.05) is 17.7 Å². The van der Waals surface area contributed by atoms with Crippen molar-refractivity contribution >= 4 is 62.3 Å². The number of thiazole rings is 1. The number of fused-ring (bicyclic) bond motifs is 2. The molecule has 5 rings (SSSR count). The van der Waals surface area contributed by atoms with Gasteiger partial charge < -0.3 is 14.6 Å². The maximum Gasteiger partial charge on any atom is 0.346 e. The van der Waals surface area contributed by atoms with E-state index in [4.69, 9.17) is 16.0 Å². The van der Waals surface area contributed by atoms with Crippen LogP contribution in [0, 0.1) is 0 Å². The predicted octanol–water partition coefficient (Wildman–Crippen LogP) is 3.95. The van der Waals surface area contributed by atoms with Gasteiger partial charge in [0.05, 0.1) is 15.3 Å². The van der Waals surface area contributed by atoms with Crippen LogP contribution in [-0.4, -0.2) is 36.1 Å². The Labute approximate surface area is 175 Å². The lowest BCUT2D eigenvalue weighted by molar-refractivity contribution is 0.560. The number of benzene rings is 1. The Kier molecular flexibility index (Phi) is 5.25. The second-order valence-corrected chi connectivity index (χ2v) is 7.81. The van der Waals surface area contributed by atoms with Crippen molar-refractivity contribution in [1.82, 2.24) is 15.3 Å². The van der Waals surface area contributed by atoms with Crippen LogP contribution >= 0.6 is 35.3 Å². The molecule has 144 valence electrons. The number of halogens is 2. The van der Waals surface area contributed by atoms with E-state index in [0.29, 0.717) is 26.7 Å². The zero-order valence-corrected chi connectivity index (χ0v) is 17.0. The van der Waals surface area contributed by atoms with E-state index in [2.05, 4.69) is 20.2 Å². The third-order valence-corrected chi connectivity index (χ3v) is 6.00. The molecule has 1 aliphatic rings. The number of nitrogens with zero attached hydrogens (tertiary/aromatic N) is 3. The van der Waals surface area contributed by atoms with E-state index in [1.165, 1.54) is 11.3 Å². The summed E-state index contributed by atoms with van der Waals surface area (Å²) >= 11 is 7.63. The van der Waals surface area contributed by atoms with Crippen molar-refractivity contribution in [2.24, 2.45) is 0 Å². The van der Waals surface area contributed by atoms with Crippen molar-refractivity contribution in [2.75, 3.05) is 31.1 Å². The Bertz CT molecular complexity index is 1220. The number of piperazine rings is 1. The molecule has 0 saturated carbocycles. The van der Waals surface area contributed by atoms with Gasteiger partial charge in [0.1, 0.15) is 21.9 Å². The molecule has 28 heavy (non-hydrogen) atoms. The summed E-state index contributed by atoms with van der Waals surface area (Å²) in [5.74, 6) is 0.826. The summed E-state index contributed by atoms with van der Waals surface area (Å²) in [6, 6.07) is 9.23. The predicted molar refractivity (Wildman–Crippen MR) is 116 cm³/mol. The molecule has 4 heterocycles. The first-order valence-corrected chi connectivity index (χ1v) is 9.83. The second-order valence-electron chi connectivity index (χ2n) is 6.37. The fraction of sp³-hybridized carbons (Fsp3) is 0.211. The summed E-state index contributed by atoms with van der Waals surface area (Å²) < 4.78 is 6.54. The number of nitrogens with one attached hydrogen (secondary N) is 1. The second kappa shape index (κ2) is 7.67. The van der Waals surface area contributed by atoms with Gasteiger partial charge in [-0.25, -0.2) is 14.8 Å². The van der Waals surface area contributed by atoms with Gasteiger partial charge in [-0.3, -0.25) is 0 Å². The van der Waals surface area contributed by atoms with E-state index in [9.17, 15) is 4.79 Å². The van der Waals surface area contributed by atoms with Crippen LogP contribution in [-0.2, 0) is 0 Å². The monoisotopic (exact) mass is 434 g/mol. The molecule has 0 radical (unpaired) electrons. The number of aromatic nitrogens is 2. The molecule has 9 heteroatoms. The molecule has 0 spiro atoms. The minimum Gasteiger partial charge on any atom is -0.422 e. The number of hydrogen-bond acceptors (Lipinski definition) is 7. The first kappa shape index (κ1) is 19.1. The smallest absolute Gasteiger partial charge is 0.346 e. The molecule has 0 atom stereocenters. The lowest BCUT2D eigenvalue weighted by atomic mass is 10.2. The topological polar surface area (TPSA) is 71.3 Å². The van der Waals surface area contributed by atoms with Crippen molar-refractivity contribution in [3.63, 3.8) is 0 Å². The van der Waals surface area contributed by atoms with Crippen LogP contribution in [0.3, 0.4) is 0 Å². The maximum atomic E-state index is 12.6. The number of rotatable bonds is 2. The fourth-order valence-electron chi connectivity index (χ4n) is 3.25. The van der Waals surface area contributed by atoms with Gasteiger partial charge in [0.25, 0.3) is 0 Å². The molecular weight excluding hydrogens is 419 g/mol. The summed E-state index contributed by atoms with van der Waals surface area (Å²) in [5.41, 5.74) is 1.25. The van der Waals surface area contributed by atoms with E-state index in [1.54, 1.807) is 18.3 Å². The lowest BCUT2D eigenvalue weighted by Gasteiger charge is -2.28. The third-order valence-electron chi connectivity index (χ3n) is 4.64. The molecule has 0 amide bonds. The Morgan fingerprint density at radius 3 is 2.82 bits per heavy atom. The van der Waals surface area contributed by atoms with Gasteiger partial charge in [0.2, 0.25) is 0 Å². The summed E-state index contributed by atoms with van der Waals surface area (Å²) in [5, 5.41) is 5.25. The molecule has 1 aromatic carbocycles. The Balaban J connectivity index is 0.00000192. The number of hydrogen-bond donors (Lipinski definition) is 1. The van der Waals surface area contributed by atoms with Gasteiger partial charge in [0.15, 0.2) is 0 Å². The highest BCUT2D eigenvalue weighted by molar-refractivity contribution is 7.21. The quantitative estimate of drug-likeness (QED) is 0.514. The molecule has 4 aromatic rings. The third kappa shape index (κ3) is 3.35. The van der Waals surface area contributed by atoms with Gasteiger partial charge in [-0.15, -0.1) is 23.7 Å². The van der Waals surface area contributed by atoms with E-state index in [-0.39, 0.29) is 12.4 Å². The molecule has 6 nitrogen and oxygen atoms in total. The molecule has 1 N–H and O–H groups in total. The van der Waals surface area contributed by atoms with Crippen LogP contribution in [0.1, 0.15) is 0 Å². The van der Waals surface area contributed by atoms with Crippen molar-refractivity contribution in [3.05, 3.63) is 52.0 Å². The van der Waals surface area contributed by atoms with Crippen molar-refractivity contribution < 1.29 is 4.42 Å². The van der Waals surface area contributed by atoms with Crippen molar-refractivity contribution in [1.29, 1.82) is 0 Å². The zero-order valence-electron chi connectivity index (χ0n) is 14.6. The normalized spacial score (nSPS) is 14.4. The highest BCUT2D eigenvalue weighted by Gasteiger charge is 2.16. The zero-order chi connectivity index (χ0) is 18.4. The molecule has 0 unspecified atom stereocenters. The Morgan fingerprint density at radius 1 is 1.21 bits per heavy atom. The molecule has 0 aliphatic carbocycles. The summed E-state index contributed by atoms with van der Waals surface area (Å²) in [7, 11) is 0. The van der Waals surface area contributed by atoms with E-state index < -0.39 is 5.63 Å². The number of para-hydroxylation sites is 1. The lowest BCUT2D eigenvalue weighted by Crippen LogP contribution is -2.43. The minimum absolute atomic E-state index is 0. The Hall–Kier alpha value is -2.19. The molecule has 1 aliphatic heterocycles. The average Bonchev–Trinajstić information content (AvgIpc) is 3.13. The highest BCUT2D eigenvalue weighted by Crippen LogP contribution is 2.33. The minimum atomic E-state index is -0.407. The first-order valence-electron chi connectivity index (χ1n) is 8.64. The van der Waals surface area contributed by atoms with Gasteiger partial charge in [-0.2, -0.15) is 0 Å². The van der Waals surface area contributed by atoms with Crippen LogP contribution in [0.15, 0.2) is 45.7 Å². The largest absolute Gasteiger partial charge is 0.422 e. The molecular formula is C19H16Cl2N4O2S. The fourth-order valence-corrected chi connectivity index (χ4v) is 4.52. The van der Waals surface area contributed by atoms with E-state index in [1.807, 2.05) is 18.2 Å². The van der Waals surface area contributed by atoms with Crippen LogP contribution < -0.4 is 15.8 Å². The molecule has 1 saturated heterocycles. The van der Waals surface area contributed by atoms with Crippen molar-refractivity contribution in [3.8, 4) is 10.6 Å². The van der Waals surface area contributed by atoms with Crippen LogP contribution in [0.5, 0.6) is 0 Å². The van der Waals surface area contributed by atoms with E-state index >= 15 is 0 Å². The van der Waals surface area contributed by atoms with Crippen LogP contribution in [0.4, 0.5) is 5.82 Å². The maximum absolute atomic E-state index is 12.6. The average molecular weight is 435 g/mol. The Morgan fingerprint density at radius 2 is 2.04 bits per heavy atom. The molecule has 3 aromatic heterocycles. The van der Waals surface area contributed by atoms with E-state index in [0.717, 1.165) is 42.1 Å². The van der Waals surface area contributed by atoms with Crippen LogP contribution in [0.25, 0.3) is 31.8 Å². The first-order chi connectivity index (χ1) is 13.2. The standard InChI is InChI=1S/C19H15ClN4O2S.ClH/c20-13-2-1-3-15-17(13)23-18(27-15)12-8-11-10-22-16(9-14(11)26-19(12)25)24-6-4-21-5-7-24;/h1-3,8-10,21H,4-7H2;1H. The number of pyridine rings is 1. The summed E-state index contributed by atoms with van der Waals surface area (Å²) in [6.07, 6.45) is 1.75. The molecule has 0 bridgehead atoms. The van der Waals surface area contributed by atoms with Gasteiger partial charge in [-0.05, 0) is 18.2 Å². The SMILES string of the molecule is Cl.O=c1oc2cc(N3CCNCC3)ncc2cc1-c1nc2c(Cl)cccc2s1. The van der Waals surface area contributed by atoms with Gasteiger partial charge in [0, 0.05) is 43.8 Å².